The molecular weight excluding hydrogens is 398 g/mol. The number of hydrogen-bond acceptors (Lipinski definition) is 6. The van der Waals surface area contributed by atoms with E-state index in [0.717, 1.165) is 36.3 Å². The van der Waals surface area contributed by atoms with Gasteiger partial charge in [-0.2, -0.15) is 0 Å². The molecule has 1 fully saturated rings. The number of aromatic amines is 1. The average Bonchev–Trinajstić information content (AvgIpc) is 3.08. The van der Waals surface area contributed by atoms with Crippen molar-refractivity contribution in [3.63, 3.8) is 0 Å². The number of aromatic nitrogens is 1. The first-order chi connectivity index (χ1) is 13.4. The number of fused-ring (bicyclic) bond motifs is 3. The quantitative estimate of drug-likeness (QED) is 0.735. The van der Waals surface area contributed by atoms with Crippen LogP contribution in [-0.2, 0) is 6.42 Å². The molecule has 0 saturated carbocycles. The molecule has 9 heteroatoms. The zero-order valence-electron chi connectivity index (χ0n) is 16.3. The molecule has 1 aromatic heterocycles. The number of nitrogens with zero attached hydrogens (tertiary/aromatic N) is 2. The molecule has 0 aliphatic carbocycles. The van der Waals surface area contributed by atoms with Gasteiger partial charge in [-0.3, -0.25) is 4.79 Å². The third-order valence-electron chi connectivity index (χ3n) is 5.41. The van der Waals surface area contributed by atoms with Gasteiger partial charge in [0.2, 0.25) is 0 Å². The Morgan fingerprint density at radius 3 is 2.83 bits per heavy atom. The van der Waals surface area contributed by atoms with Crippen LogP contribution in [-0.4, -0.2) is 61.0 Å². The van der Waals surface area contributed by atoms with Crippen LogP contribution in [0.1, 0.15) is 12.0 Å². The molecule has 0 radical (unpaired) electrons. The minimum Gasteiger partial charge on any atom is -0.492 e. The fraction of sp³-hybridized carbons (Fsp3) is 0.400. The van der Waals surface area contributed by atoms with Gasteiger partial charge in [0.25, 0.3) is 5.56 Å². The highest BCUT2D eigenvalue weighted by atomic mass is 35.5. The number of likely N-dealkylation sites (N-methyl/N-ethyl adjacent to an activating group) is 1. The topological polar surface area (TPSA) is 95.1 Å². The summed E-state index contributed by atoms with van der Waals surface area (Å²) in [4.78, 5) is 30.4. The lowest BCUT2D eigenvalue weighted by molar-refractivity contribution is 0.143. The number of halogens is 1. The molecule has 0 bridgehead atoms. The summed E-state index contributed by atoms with van der Waals surface area (Å²) >= 11 is 0. The lowest BCUT2D eigenvalue weighted by atomic mass is 10.0. The molecule has 2 aliphatic rings. The number of benzene rings is 1. The first-order valence-corrected chi connectivity index (χ1v) is 9.28. The van der Waals surface area contributed by atoms with E-state index in [4.69, 9.17) is 9.84 Å². The van der Waals surface area contributed by atoms with Crippen molar-refractivity contribution >= 4 is 24.2 Å². The highest BCUT2D eigenvalue weighted by molar-refractivity contribution is 5.85. The Hall–Kier alpha value is -2.71. The van der Waals surface area contributed by atoms with E-state index < -0.39 is 11.7 Å². The summed E-state index contributed by atoms with van der Waals surface area (Å²) in [5.41, 5.74) is 2.75. The summed E-state index contributed by atoms with van der Waals surface area (Å²) in [7, 11) is 4.20. The molecule has 1 unspecified atom stereocenters. The van der Waals surface area contributed by atoms with Crippen LogP contribution in [0.4, 0.5) is 10.5 Å². The number of ether oxygens (including phenoxy) is 2. The minimum atomic E-state index is -1.51. The monoisotopic (exact) mass is 421 g/mol. The number of H-pyrrole nitrogens is 1. The number of nitrogens with one attached hydrogen (secondary N) is 1. The molecule has 0 amide bonds. The molecule has 156 valence electrons. The molecule has 2 N–H and O–H groups in total. The third kappa shape index (κ3) is 4.18. The largest absolute Gasteiger partial charge is 0.511 e. The zero-order valence-corrected chi connectivity index (χ0v) is 17.1. The summed E-state index contributed by atoms with van der Waals surface area (Å²) in [5.74, 6) is 0.491. The van der Waals surface area contributed by atoms with Gasteiger partial charge in [-0.15, -0.1) is 12.4 Å². The maximum atomic E-state index is 12.2. The Balaban J connectivity index is 0.00000240. The van der Waals surface area contributed by atoms with Crippen LogP contribution in [0, 0.1) is 0 Å². The van der Waals surface area contributed by atoms with E-state index in [0.29, 0.717) is 30.5 Å². The molecule has 4 rings (SSSR count). The third-order valence-corrected chi connectivity index (χ3v) is 5.41. The average molecular weight is 422 g/mol. The van der Waals surface area contributed by atoms with Crippen LogP contribution < -0.4 is 19.9 Å². The summed E-state index contributed by atoms with van der Waals surface area (Å²) in [6.07, 6.45) is 0.147. The molecule has 3 heterocycles. The number of hydrogen-bond donors (Lipinski definition) is 2. The first kappa shape index (κ1) is 21.0. The predicted octanol–water partition coefficient (Wildman–Crippen LogP) is 2.60. The van der Waals surface area contributed by atoms with E-state index in [1.54, 1.807) is 0 Å². The maximum absolute atomic E-state index is 12.2. The Kier molecular flexibility index (Phi) is 6.04. The lowest BCUT2D eigenvalue weighted by Crippen LogP contribution is -2.31. The van der Waals surface area contributed by atoms with Crippen molar-refractivity contribution in [2.75, 3.05) is 38.7 Å². The smallest absolute Gasteiger partial charge is 0.492 e. The van der Waals surface area contributed by atoms with E-state index >= 15 is 0 Å². The van der Waals surface area contributed by atoms with Crippen molar-refractivity contribution in [1.29, 1.82) is 0 Å². The van der Waals surface area contributed by atoms with Crippen molar-refractivity contribution in [2.24, 2.45) is 0 Å². The zero-order chi connectivity index (χ0) is 19.8. The van der Waals surface area contributed by atoms with Gasteiger partial charge in [0.1, 0.15) is 5.75 Å². The van der Waals surface area contributed by atoms with E-state index in [9.17, 15) is 9.59 Å². The fourth-order valence-electron chi connectivity index (χ4n) is 3.86. The predicted molar refractivity (Wildman–Crippen MR) is 112 cm³/mol. The van der Waals surface area contributed by atoms with Crippen LogP contribution in [0.5, 0.6) is 11.5 Å². The molecule has 1 atom stereocenters. The summed E-state index contributed by atoms with van der Waals surface area (Å²) < 4.78 is 10.5. The van der Waals surface area contributed by atoms with Gasteiger partial charge in [-0.05, 0) is 44.3 Å². The highest BCUT2D eigenvalue weighted by Crippen LogP contribution is 2.37. The van der Waals surface area contributed by atoms with E-state index in [-0.39, 0.29) is 18.2 Å². The summed E-state index contributed by atoms with van der Waals surface area (Å²) in [6.45, 7) is 2.39. The molecule has 2 aromatic rings. The van der Waals surface area contributed by atoms with Crippen LogP contribution in [0.15, 0.2) is 29.1 Å². The molecule has 1 saturated heterocycles. The van der Waals surface area contributed by atoms with Gasteiger partial charge >= 0.3 is 6.16 Å². The number of pyridine rings is 1. The Morgan fingerprint density at radius 1 is 1.34 bits per heavy atom. The lowest BCUT2D eigenvalue weighted by Gasteiger charge is -2.22. The van der Waals surface area contributed by atoms with Crippen LogP contribution in [0.3, 0.4) is 0 Å². The van der Waals surface area contributed by atoms with Crippen molar-refractivity contribution in [3.8, 4) is 22.8 Å². The minimum absolute atomic E-state index is 0. The Morgan fingerprint density at radius 2 is 2.14 bits per heavy atom. The second kappa shape index (κ2) is 8.34. The van der Waals surface area contributed by atoms with Crippen LogP contribution in [0.25, 0.3) is 11.3 Å². The van der Waals surface area contributed by atoms with Crippen LogP contribution in [0.2, 0.25) is 0 Å². The normalized spacial score (nSPS) is 17.6. The van der Waals surface area contributed by atoms with Gasteiger partial charge in [0.05, 0.1) is 12.3 Å². The molecular formula is C20H24ClN3O5. The SMILES string of the molecule is CN(C)C1CCN(c2ccc3c(c2)OCCc2cc(OC(=O)O)c(=O)[nH]c2-3)C1.Cl. The second-order valence-corrected chi connectivity index (χ2v) is 7.36. The summed E-state index contributed by atoms with van der Waals surface area (Å²) in [6, 6.07) is 8.02. The number of anilines is 1. The first-order valence-electron chi connectivity index (χ1n) is 9.28. The van der Waals surface area contributed by atoms with Crippen molar-refractivity contribution < 1.29 is 19.4 Å². The second-order valence-electron chi connectivity index (χ2n) is 7.36. The summed E-state index contributed by atoms with van der Waals surface area (Å²) in [5, 5.41) is 8.79. The van der Waals surface area contributed by atoms with Crippen molar-refractivity contribution in [2.45, 2.75) is 18.9 Å². The van der Waals surface area contributed by atoms with E-state index in [2.05, 4.69) is 33.6 Å². The Labute approximate surface area is 174 Å². The number of rotatable bonds is 3. The standard InChI is InChI=1S/C20H23N3O5.ClH/c1-22(2)14-5-7-23(11-14)13-3-4-15-16(10-13)27-8-6-12-9-17(28-20(25)26)19(24)21-18(12)15;/h3-4,9-10,14H,5-8,11H2,1-2H3,(H,21,24)(H,25,26);1H. The maximum Gasteiger partial charge on any atom is 0.511 e. The van der Waals surface area contributed by atoms with Gasteiger partial charge in [-0.25, -0.2) is 4.79 Å². The highest BCUT2D eigenvalue weighted by Gasteiger charge is 2.26. The van der Waals surface area contributed by atoms with Crippen molar-refractivity contribution in [1.82, 2.24) is 9.88 Å². The van der Waals surface area contributed by atoms with Gasteiger partial charge in [0.15, 0.2) is 5.75 Å². The van der Waals surface area contributed by atoms with Gasteiger partial charge in [-0.1, -0.05) is 0 Å². The van der Waals surface area contributed by atoms with E-state index in [1.165, 1.54) is 6.07 Å². The molecule has 8 nitrogen and oxygen atoms in total. The number of carboxylic acid groups (broad SMARTS) is 1. The van der Waals surface area contributed by atoms with Gasteiger partial charge in [0, 0.05) is 42.9 Å². The van der Waals surface area contributed by atoms with E-state index in [1.807, 2.05) is 18.2 Å². The van der Waals surface area contributed by atoms with Crippen LogP contribution >= 0.6 is 12.4 Å². The molecule has 2 aliphatic heterocycles. The van der Waals surface area contributed by atoms with Crippen molar-refractivity contribution in [3.05, 3.63) is 40.2 Å². The molecule has 29 heavy (non-hydrogen) atoms. The molecule has 1 aromatic carbocycles. The molecule has 0 spiro atoms. The Bertz CT molecular complexity index is 975. The fourth-order valence-corrected chi connectivity index (χ4v) is 3.86. The van der Waals surface area contributed by atoms with Gasteiger partial charge < -0.3 is 29.4 Å². The number of carbonyl (C=O) groups is 1.